The SMILES string of the molecule is CCc1ccccc1N1COc2cc(-c3ccccc3)ccc2C1=O. The number of para-hydroxylation sites is 1. The molecule has 1 aliphatic heterocycles. The van der Waals surface area contributed by atoms with Crippen LogP contribution in [-0.4, -0.2) is 12.6 Å². The summed E-state index contributed by atoms with van der Waals surface area (Å²) in [5.41, 5.74) is 4.84. The fourth-order valence-electron chi connectivity index (χ4n) is 3.22. The Balaban J connectivity index is 1.70. The van der Waals surface area contributed by atoms with Crippen molar-refractivity contribution >= 4 is 11.6 Å². The van der Waals surface area contributed by atoms with E-state index in [0.29, 0.717) is 11.3 Å². The smallest absolute Gasteiger partial charge is 0.264 e. The molecule has 0 unspecified atom stereocenters. The van der Waals surface area contributed by atoms with Crippen molar-refractivity contribution < 1.29 is 9.53 Å². The monoisotopic (exact) mass is 329 g/mol. The Morgan fingerprint density at radius 3 is 2.48 bits per heavy atom. The molecule has 1 heterocycles. The van der Waals surface area contributed by atoms with Gasteiger partial charge in [-0.3, -0.25) is 9.69 Å². The molecular formula is C22H19NO2. The van der Waals surface area contributed by atoms with Gasteiger partial charge >= 0.3 is 0 Å². The molecule has 3 nitrogen and oxygen atoms in total. The molecule has 0 radical (unpaired) electrons. The van der Waals surface area contributed by atoms with Crippen LogP contribution in [0.25, 0.3) is 11.1 Å². The van der Waals surface area contributed by atoms with E-state index in [-0.39, 0.29) is 12.6 Å². The second-order valence-electron chi connectivity index (χ2n) is 6.07. The van der Waals surface area contributed by atoms with E-state index in [0.717, 1.165) is 28.8 Å². The first-order chi connectivity index (χ1) is 12.3. The Morgan fingerprint density at radius 2 is 1.68 bits per heavy atom. The molecule has 4 rings (SSSR count). The fraction of sp³-hybridized carbons (Fsp3) is 0.136. The van der Waals surface area contributed by atoms with E-state index in [9.17, 15) is 4.79 Å². The summed E-state index contributed by atoms with van der Waals surface area (Å²) < 4.78 is 5.93. The summed E-state index contributed by atoms with van der Waals surface area (Å²) in [6, 6.07) is 23.9. The summed E-state index contributed by atoms with van der Waals surface area (Å²) in [7, 11) is 0. The number of hydrogen-bond acceptors (Lipinski definition) is 2. The highest BCUT2D eigenvalue weighted by Crippen LogP contribution is 2.33. The third kappa shape index (κ3) is 2.78. The van der Waals surface area contributed by atoms with Gasteiger partial charge in [-0.25, -0.2) is 0 Å². The van der Waals surface area contributed by atoms with E-state index in [2.05, 4.69) is 25.1 Å². The van der Waals surface area contributed by atoms with Gasteiger partial charge in [-0.15, -0.1) is 0 Å². The van der Waals surface area contributed by atoms with Crippen LogP contribution in [-0.2, 0) is 6.42 Å². The number of fused-ring (bicyclic) bond motifs is 1. The summed E-state index contributed by atoms with van der Waals surface area (Å²) in [6.07, 6.45) is 0.875. The second-order valence-corrected chi connectivity index (χ2v) is 6.07. The van der Waals surface area contributed by atoms with E-state index in [4.69, 9.17) is 4.74 Å². The summed E-state index contributed by atoms with van der Waals surface area (Å²) in [5, 5.41) is 0. The van der Waals surface area contributed by atoms with Gasteiger partial charge in [0.1, 0.15) is 5.75 Å². The van der Waals surface area contributed by atoms with Crippen molar-refractivity contribution in [2.45, 2.75) is 13.3 Å². The van der Waals surface area contributed by atoms with Crippen molar-refractivity contribution in [1.29, 1.82) is 0 Å². The molecule has 0 aromatic heterocycles. The highest BCUT2D eigenvalue weighted by Gasteiger charge is 2.28. The summed E-state index contributed by atoms with van der Waals surface area (Å²) in [6.45, 7) is 2.33. The van der Waals surface area contributed by atoms with E-state index in [1.807, 2.05) is 54.6 Å². The predicted molar refractivity (Wildman–Crippen MR) is 100 cm³/mol. The first-order valence-electron chi connectivity index (χ1n) is 8.50. The van der Waals surface area contributed by atoms with Gasteiger partial charge in [0.15, 0.2) is 6.73 Å². The predicted octanol–water partition coefficient (Wildman–Crippen LogP) is 4.91. The van der Waals surface area contributed by atoms with Crippen LogP contribution in [0.5, 0.6) is 5.75 Å². The number of rotatable bonds is 3. The molecule has 0 saturated heterocycles. The van der Waals surface area contributed by atoms with Crippen LogP contribution in [0, 0.1) is 0 Å². The number of ether oxygens (including phenoxy) is 1. The number of nitrogens with zero attached hydrogens (tertiary/aromatic N) is 1. The van der Waals surface area contributed by atoms with Crippen molar-refractivity contribution in [3.05, 3.63) is 83.9 Å². The number of anilines is 1. The lowest BCUT2D eigenvalue weighted by Crippen LogP contribution is -2.39. The Bertz CT molecular complexity index is 918. The van der Waals surface area contributed by atoms with E-state index < -0.39 is 0 Å². The van der Waals surface area contributed by atoms with Gasteiger partial charge in [-0.1, -0.05) is 61.5 Å². The van der Waals surface area contributed by atoms with Crippen molar-refractivity contribution in [1.82, 2.24) is 0 Å². The van der Waals surface area contributed by atoms with Crippen molar-refractivity contribution in [3.8, 4) is 16.9 Å². The van der Waals surface area contributed by atoms with Crippen LogP contribution >= 0.6 is 0 Å². The number of hydrogen-bond donors (Lipinski definition) is 0. The quantitative estimate of drug-likeness (QED) is 0.683. The first-order valence-corrected chi connectivity index (χ1v) is 8.50. The highest BCUT2D eigenvalue weighted by atomic mass is 16.5. The van der Waals surface area contributed by atoms with E-state index in [1.54, 1.807) is 4.90 Å². The number of carbonyl (C=O) groups is 1. The zero-order chi connectivity index (χ0) is 17.2. The van der Waals surface area contributed by atoms with Gasteiger partial charge in [-0.2, -0.15) is 0 Å². The average Bonchev–Trinajstić information content (AvgIpc) is 2.69. The van der Waals surface area contributed by atoms with Crippen LogP contribution < -0.4 is 9.64 Å². The minimum Gasteiger partial charge on any atom is -0.472 e. The number of aryl methyl sites for hydroxylation is 1. The maximum absolute atomic E-state index is 13.0. The molecule has 0 bridgehead atoms. The van der Waals surface area contributed by atoms with Crippen LogP contribution in [0.15, 0.2) is 72.8 Å². The summed E-state index contributed by atoms with van der Waals surface area (Å²) in [4.78, 5) is 14.7. The Hall–Kier alpha value is -3.07. The molecular weight excluding hydrogens is 310 g/mol. The van der Waals surface area contributed by atoms with E-state index >= 15 is 0 Å². The van der Waals surface area contributed by atoms with Crippen molar-refractivity contribution in [3.63, 3.8) is 0 Å². The topological polar surface area (TPSA) is 29.5 Å². The maximum Gasteiger partial charge on any atom is 0.264 e. The number of carbonyl (C=O) groups excluding carboxylic acids is 1. The highest BCUT2D eigenvalue weighted by molar-refractivity contribution is 6.09. The molecule has 3 aromatic rings. The fourth-order valence-corrected chi connectivity index (χ4v) is 3.22. The largest absolute Gasteiger partial charge is 0.472 e. The molecule has 1 amide bonds. The van der Waals surface area contributed by atoms with Gasteiger partial charge in [0.2, 0.25) is 0 Å². The third-order valence-electron chi connectivity index (χ3n) is 4.58. The number of benzene rings is 3. The molecule has 3 aromatic carbocycles. The van der Waals surface area contributed by atoms with Gasteiger partial charge in [0.05, 0.1) is 11.3 Å². The minimum atomic E-state index is -0.0123. The lowest BCUT2D eigenvalue weighted by molar-refractivity contribution is 0.0937. The molecule has 0 atom stereocenters. The molecule has 0 aliphatic carbocycles. The lowest BCUT2D eigenvalue weighted by atomic mass is 10.0. The molecule has 0 saturated carbocycles. The minimum absolute atomic E-state index is 0.0123. The average molecular weight is 329 g/mol. The lowest BCUT2D eigenvalue weighted by Gasteiger charge is -2.30. The normalized spacial score (nSPS) is 13.3. The third-order valence-corrected chi connectivity index (χ3v) is 4.58. The molecule has 0 spiro atoms. The summed E-state index contributed by atoms with van der Waals surface area (Å²) in [5.74, 6) is 0.637. The Kier molecular flexibility index (Phi) is 3.98. The van der Waals surface area contributed by atoms with Crippen molar-refractivity contribution in [2.24, 2.45) is 0 Å². The zero-order valence-electron chi connectivity index (χ0n) is 14.1. The molecule has 0 fully saturated rings. The van der Waals surface area contributed by atoms with Crippen molar-refractivity contribution in [2.75, 3.05) is 11.6 Å². The van der Waals surface area contributed by atoms with Gasteiger partial charge in [-0.05, 0) is 41.3 Å². The zero-order valence-corrected chi connectivity index (χ0v) is 14.1. The maximum atomic E-state index is 13.0. The second kappa shape index (κ2) is 6.44. The van der Waals surface area contributed by atoms with Crippen LogP contribution in [0.2, 0.25) is 0 Å². The molecule has 3 heteroatoms. The van der Waals surface area contributed by atoms with Gasteiger partial charge < -0.3 is 4.74 Å². The summed E-state index contributed by atoms with van der Waals surface area (Å²) >= 11 is 0. The van der Waals surface area contributed by atoms with Gasteiger partial charge in [0, 0.05) is 0 Å². The van der Waals surface area contributed by atoms with Crippen LogP contribution in [0.3, 0.4) is 0 Å². The molecule has 1 aliphatic rings. The molecule has 124 valence electrons. The Labute approximate surface area is 147 Å². The van der Waals surface area contributed by atoms with Crippen LogP contribution in [0.4, 0.5) is 5.69 Å². The molecule has 0 N–H and O–H groups in total. The van der Waals surface area contributed by atoms with Gasteiger partial charge in [0.25, 0.3) is 5.91 Å². The Morgan fingerprint density at radius 1 is 0.920 bits per heavy atom. The standard InChI is InChI=1S/C22H19NO2/c1-2-16-8-6-7-11-20(16)23-15-25-21-14-18(12-13-19(21)22(23)24)17-9-4-3-5-10-17/h3-14H,2,15H2,1H3. The van der Waals surface area contributed by atoms with Crippen LogP contribution in [0.1, 0.15) is 22.8 Å². The molecule has 25 heavy (non-hydrogen) atoms. The van der Waals surface area contributed by atoms with E-state index in [1.165, 1.54) is 0 Å². The number of amides is 1. The first kappa shape index (κ1) is 15.5.